The highest BCUT2D eigenvalue weighted by atomic mass is 35.5. The standard InChI is InChI=1S/C19H12Cl3N3O4S/c20-10-8-23-18(17(22)16(10)21)19(27)29-9-15(26)25-12(13-3-1-5-28-13)7-11(24-25)14-4-2-6-30-14/h1-6,8,12H,7,9H2. The molecule has 0 aromatic carbocycles. The van der Waals surface area contributed by atoms with E-state index < -0.39 is 24.5 Å². The number of esters is 1. The average molecular weight is 485 g/mol. The van der Waals surface area contributed by atoms with Crippen LogP contribution in [0.3, 0.4) is 0 Å². The molecule has 0 spiro atoms. The molecule has 1 aliphatic heterocycles. The Bertz CT molecular complexity index is 1120. The zero-order valence-corrected chi connectivity index (χ0v) is 18.1. The molecule has 1 amide bonds. The van der Waals surface area contributed by atoms with Gasteiger partial charge in [0.1, 0.15) is 11.8 Å². The van der Waals surface area contributed by atoms with Gasteiger partial charge in [-0.2, -0.15) is 5.10 Å². The number of carbonyl (C=O) groups is 2. The normalized spacial score (nSPS) is 15.9. The van der Waals surface area contributed by atoms with Crippen LogP contribution in [0.15, 0.2) is 51.6 Å². The Hall–Kier alpha value is -2.39. The maximum Gasteiger partial charge on any atom is 0.359 e. The summed E-state index contributed by atoms with van der Waals surface area (Å²) in [6, 6.07) is 6.90. The van der Waals surface area contributed by atoms with Crippen molar-refractivity contribution in [2.75, 3.05) is 6.61 Å². The summed E-state index contributed by atoms with van der Waals surface area (Å²) in [5, 5.41) is 7.58. The second kappa shape index (κ2) is 8.77. The quantitative estimate of drug-likeness (QED) is 0.463. The van der Waals surface area contributed by atoms with Crippen molar-refractivity contribution in [3.63, 3.8) is 0 Å². The molecule has 7 nitrogen and oxygen atoms in total. The maximum absolute atomic E-state index is 12.8. The third-order valence-corrected chi connectivity index (χ3v) is 6.44. The monoisotopic (exact) mass is 483 g/mol. The molecule has 0 bridgehead atoms. The van der Waals surface area contributed by atoms with Gasteiger partial charge in [0, 0.05) is 12.6 Å². The Morgan fingerprint density at radius 2 is 2.07 bits per heavy atom. The number of carbonyl (C=O) groups excluding carboxylic acids is 2. The van der Waals surface area contributed by atoms with Gasteiger partial charge in [-0.25, -0.2) is 14.8 Å². The van der Waals surface area contributed by atoms with Crippen molar-refractivity contribution in [3.05, 3.63) is 73.5 Å². The molecule has 0 aliphatic carbocycles. The van der Waals surface area contributed by atoms with E-state index in [0.29, 0.717) is 12.2 Å². The van der Waals surface area contributed by atoms with Crippen molar-refractivity contribution in [2.45, 2.75) is 12.5 Å². The van der Waals surface area contributed by atoms with E-state index in [1.165, 1.54) is 28.8 Å². The first-order chi connectivity index (χ1) is 14.5. The van der Waals surface area contributed by atoms with Gasteiger partial charge in [0.15, 0.2) is 12.3 Å². The van der Waals surface area contributed by atoms with E-state index in [4.69, 9.17) is 44.0 Å². The van der Waals surface area contributed by atoms with Gasteiger partial charge >= 0.3 is 5.97 Å². The van der Waals surface area contributed by atoms with Crippen LogP contribution >= 0.6 is 46.1 Å². The lowest BCUT2D eigenvalue weighted by Gasteiger charge is -2.19. The zero-order valence-electron chi connectivity index (χ0n) is 15.0. The number of hydrogen-bond donors (Lipinski definition) is 0. The van der Waals surface area contributed by atoms with Gasteiger partial charge in [0.05, 0.1) is 31.9 Å². The first-order valence-corrected chi connectivity index (χ1v) is 10.6. The van der Waals surface area contributed by atoms with E-state index in [0.717, 1.165) is 10.6 Å². The molecule has 4 heterocycles. The molecule has 0 N–H and O–H groups in total. The molecular weight excluding hydrogens is 473 g/mol. The van der Waals surface area contributed by atoms with Crippen molar-refractivity contribution >= 4 is 63.7 Å². The first kappa shape index (κ1) is 20.9. The van der Waals surface area contributed by atoms with E-state index in [2.05, 4.69) is 10.1 Å². The number of amides is 1. The lowest BCUT2D eigenvalue weighted by Crippen LogP contribution is -2.31. The SMILES string of the molecule is O=C(OCC(=O)N1N=C(c2cccs2)CC1c1ccco1)c1ncc(Cl)c(Cl)c1Cl. The van der Waals surface area contributed by atoms with Crippen molar-refractivity contribution in [3.8, 4) is 0 Å². The molecule has 30 heavy (non-hydrogen) atoms. The molecule has 0 fully saturated rings. The van der Waals surface area contributed by atoms with Gasteiger partial charge in [0.25, 0.3) is 5.91 Å². The van der Waals surface area contributed by atoms with Gasteiger partial charge in [-0.15, -0.1) is 11.3 Å². The number of hydrazone groups is 1. The molecule has 0 saturated heterocycles. The number of thiophene rings is 1. The van der Waals surface area contributed by atoms with Gasteiger partial charge in [-0.3, -0.25) is 4.79 Å². The van der Waals surface area contributed by atoms with Crippen molar-refractivity contribution < 1.29 is 18.7 Å². The number of halogens is 3. The fourth-order valence-corrected chi connectivity index (χ4v) is 4.16. The number of pyridine rings is 1. The lowest BCUT2D eigenvalue weighted by molar-refractivity contribution is -0.136. The topological polar surface area (TPSA) is 85.0 Å². The van der Waals surface area contributed by atoms with Gasteiger partial charge < -0.3 is 9.15 Å². The largest absolute Gasteiger partial charge is 0.467 e. The van der Waals surface area contributed by atoms with E-state index in [1.54, 1.807) is 12.1 Å². The third-order valence-electron chi connectivity index (χ3n) is 4.28. The minimum atomic E-state index is -0.900. The number of nitrogens with zero attached hydrogens (tertiary/aromatic N) is 3. The molecule has 11 heteroatoms. The van der Waals surface area contributed by atoms with Crippen LogP contribution in [0.2, 0.25) is 15.1 Å². The van der Waals surface area contributed by atoms with Crippen molar-refractivity contribution in [1.82, 2.24) is 9.99 Å². The molecule has 1 unspecified atom stereocenters. The summed E-state index contributed by atoms with van der Waals surface area (Å²) < 4.78 is 10.6. The molecule has 0 saturated carbocycles. The average Bonchev–Trinajstić information content (AvgIpc) is 3.49. The van der Waals surface area contributed by atoms with Gasteiger partial charge in [-0.05, 0) is 23.6 Å². The summed E-state index contributed by atoms with van der Waals surface area (Å²) in [7, 11) is 0. The molecule has 4 rings (SSSR count). The summed E-state index contributed by atoms with van der Waals surface area (Å²) in [6.07, 6.45) is 3.19. The van der Waals surface area contributed by atoms with Crippen LogP contribution in [0, 0.1) is 0 Å². The van der Waals surface area contributed by atoms with E-state index >= 15 is 0 Å². The third kappa shape index (κ3) is 4.09. The van der Waals surface area contributed by atoms with Crippen LogP contribution in [0.5, 0.6) is 0 Å². The van der Waals surface area contributed by atoms with E-state index in [-0.39, 0.29) is 20.8 Å². The highest BCUT2D eigenvalue weighted by molar-refractivity contribution is 7.12. The molecule has 1 aliphatic rings. The predicted molar refractivity (Wildman–Crippen MR) is 113 cm³/mol. The molecule has 3 aromatic rings. The van der Waals surface area contributed by atoms with E-state index in [1.807, 2.05) is 17.5 Å². The van der Waals surface area contributed by atoms with Crippen molar-refractivity contribution in [1.29, 1.82) is 0 Å². The van der Waals surface area contributed by atoms with Crippen LogP contribution in [-0.2, 0) is 9.53 Å². The second-order valence-corrected chi connectivity index (χ2v) is 8.27. The first-order valence-electron chi connectivity index (χ1n) is 8.59. The summed E-state index contributed by atoms with van der Waals surface area (Å²) in [5.74, 6) is -0.838. The molecular formula is C19H12Cl3N3O4S. The minimum absolute atomic E-state index is 0.0192. The van der Waals surface area contributed by atoms with Crippen LogP contribution in [0.25, 0.3) is 0 Å². The Morgan fingerprint density at radius 3 is 2.77 bits per heavy atom. The molecule has 154 valence electrons. The number of rotatable bonds is 5. The Labute approximate surface area is 189 Å². The van der Waals surface area contributed by atoms with Gasteiger partial charge in [-0.1, -0.05) is 40.9 Å². The molecule has 3 aromatic heterocycles. The minimum Gasteiger partial charge on any atom is -0.467 e. The fourth-order valence-electron chi connectivity index (χ4n) is 2.88. The zero-order chi connectivity index (χ0) is 21.3. The maximum atomic E-state index is 12.8. The lowest BCUT2D eigenvalue weighted by atomic mass is 10.1. The van der Waals surface area contributed by atoms with Crippen LogP contribution < -0.4 is 0 Å². The van der Waals surface area contributed by atoms with Crippen molar-refractivity contribution in [2.24, 2.45) is 5.10 Å². The highest BCUT2D eigenvalue weighted by Crippen LogP contribution is 2.34. The van der Waals surface area contributed by atoms with Crippen LogP contribution in [0.4, 0.5) is 0 Å². The second-order valence-electron chi connectivity index (χ2n) is 6.16. The Morgan fingerprint density at radius 1 is 1.23 bits per heavy atom. The number of aromatic nitrogens is 1. The van der Waals surface area contributed by atoms with E-state index in [9.17, 15) is 9.59 Å². The Kier molecular flexibility index (Phi) is 6.10. The fraction of sp³-hybridized carbons (Fsp3) is 0.158. The van der Waals surface area contributed by atoms with Crippen LogP contribution in [0.1, 0.15) is 33.6 Å². The number of ether oxygens (including phenoxy) is 1. The number of furan rings is 1. The van der Waals surface area contributed by atoms with Crippen LogP contribution in [-0.4, -0.2) is 34.2 Å². The molecule has 0 radical (unpaired) electrons. The number of hydrogen-bond acceptors (Lipinski definition) is 7. The summed E-state index contributed by atoms with van der Waals surface area (Å²) >= 11 is 19.2. The molecule has 1 atom stereocenters. The summed E-state index contributed by atoms with van der Waals surface area (Å²) in [6.45, 7) is -0.560. The Balaban J connectivity index is 1.50. The smallest absolute Gasteiger partial charge is 0.359 e. The summed E-state index contributed by atoms with van der Waals surface area (Å²) in [4.78, 5) is 29.9. The van der Waals surface area contributed by atoms with Gasteiger partial charge in [0.2, 0.25) is 0 Å². The summed E-state index contributed by atoms with van der Waals surface area (Å²) in [5.41, 5.74) is 0.519. The highest BCUT2D eigenvalue weighted by Gasteiger charge is 2.35. The predicted octanol–water partition coefficient (Wildman–Crippen LogP) is 5.23.